The van der Waals surface area contributed by atoms with E-state index in [2.05, 4.69) is 203 Å². The highest BCUT2D eigenvalue weighted by atomic mass is 15.1. The minimum atomic E-state index is 0.789. The van der Waals surface area contributed by atoms with Gasteiger partial charge in [-0.2, -0.15) is 0 Å². The summed E-state index contributed by atoms with van der Waals surface area (Å²) in [7, 11) is 0. The van der Waals surface area contributed by atoms with Crippen LogP contribution in [0.15, 0.2) is 206 Å². The van der Waals surface area contributed by atoms with E-state index in [1.54, 1.807) is 0 Å². The zero-order chi connectivity index (χ0) is 38.2. The van der Waals surface area contributed by atoms with Gasteiger partial charge in [0.05, 0.1) is 38.8 Å². The van der Waals surface area contributed by atoms with Gasteiger partial charge in [0.15, 0.2) is 5.82 Å². The molecule has 3 heterocycles. The monoisotopic (exact) mass is 738 g/mol. The third-order valence-electron chi connectivity index (χ3n) is 11.6. The second-order valence-electron chi connectivity index (χ2n) is 15.0. The Labute approximate surface area is 334 Å². The molecule has 0 spiro atoms. The summed E-state index contributed by atoms with van der Waals surface area (Å²) in [6.45, 7) is 0. The Balaban J connectivity index is 1.23. The Bertz CT molecular complexity index is 3450. The summed E-state index contributed by atoms with van der Waals surface area (Å²) in [5, 5.41) is 7.16. The van der Waals surface area contributed by atoms with Crippen LogP contribution in [0.5, 0.6) is 0 Å². The lowest BCUT2D eigenvalue weighted by molar-refractivity contribution is 1.08. The van der Waals surface area contributed by atoms with Crippen LogP contribution in [-0.2, 0) is 0 Å². The van der Waals surface area contributed by atoms with Gasteiger partial charge in [0, 0.05) is 27.1 Å². The summed E-state index contributed by atoms with van der Waals surface area (Å²) in [6, 6.07) is 73.8. The van der Waals surface area contributed by atoms with Gasteiger partial charge in [-0.15, -0.1) is 0 Å². The molecule has 0 aliphatic rings. The fourth-order valence-electron chi connectivity index (χ4n) is 9.03. The van der Waals surface area contributed by atoms with E-state index in [1.165, 1.54) is 38.0 Å². The van der Waals surface area contributed by atoms with E-state index in [0.717, 1.165) is 72.5 Å². The molecule has 0 saturated carbocycles. The van der Waals surface area contributed by atoms with E-state index in [0.29, 0.717) is 0 Å². The maximum Gasteiger partial charge on any atom is 0.165 e. The molecular formula is C54H34N4. The first-order valence-electron chi connectivity index (χ1n) is 19.7. The highest BCUT2D eigenvalue weighted by molar-refractivity contribution is 6.19. The number of rotatable bonds is 5. The zero-order valence-corrected chi connectivity index (χ0v) is 31.4. The van der Waals surface area contributed by atoms with Crippen LogP contribution in [0.25, 0.3) is 110 Å². The lowest BCUT2D eigenvalue weighted by Gasteiger charge is -2.16. The van der Waals surface area contributed by atoms with Crippen LogP contribution in [0.2, 0.25) is 0 Å². The van der Waals surface area contributed by atoms with Crippen molar-refractivity contribution in [2.45, 2.75) is 0 Å². The molecule has 0 aliphatic heterocycles. The van der Waals surface area contributed by atoms with Crippen molar-refractivity contribution in [1.29, 1.82) is 0 Å². The van der Waals surface area contributed by atoms with Gasteiger partial charge >= 0.3 is 0 Å². The molecule has 58 heavy (non-hydrogen) atoms. The number of fused-ring (bicyclic) bond motifs is 8. The minimum Gasteiger partial charge on any atom is -0.309 e. The van der Waals surface area contributed by atoms with Gasteiger partial charge in [-0.05, 0) is 99.8 Å². The molecule has 0 bridgehead atoms. The molecule has 0 unspecified atom stereocenters. The van der Waals surface area contributed by atoms with Gasteiger partial charge in [-0.1, -0.05) is 140 Å². The third kappa shape index (κ3) is 5.02. The predicted octanol–water partition coefficient (Wildman–Crippen LogP) is 14.0. The number of aromatic nitrogens is 4. The number of hydrogen-bond donors (Lipinski definition) is 0. The Kier molecular flexibility index (Phi) is 7.20. The van der Waals surface area contributed by atoms with Crippen LogP contribution in [0, 0.1) is 0 Å². The number of nitrogens with zero attached hydrogens (tertiary/aromatic N) is 4. The lowest BCUT2D eigenvalue weighted by atomic mass is 9.95. The molecule has 4 heteroatoms. The average Bonchev–Trinajstić information content (AvgIpc) is 3.80. The van der Waals surface area contributed by atoms with Crippen molar-refractivity contribution in [3.05, 3.63) is 206 Å². The van der Waals surface area contributed by atoms with Crippen LogP contribution < -0.4 is 0 Å². The van der Waals surface area contributed by atoms with Gasteiger partial charge in [0.2, 0.25) is 0 Å². The van der Waals surface area contributed by atoms with Crippen molar-refractivity contribution >= 4 is 65.4 Å². The molecule has 0 atom stereocenters. The third-order valence-corrected chi connectivity index (χ3v) is 11.6. The van der Waals surface area contributed by atoms with Crippen LogP contribution >= 0.6 is 0 Å². The minimum absolute atomic E-state index is 0.789. The quantitative estimate of drug-likeness (QED) is 0.176. The fraction of sp³-hybridized carbons (Fsp3) is 0. The molecule has 12 rings (SSSR count). The van der Waals surface area contributed by atoms with Crippen molar-refractivity contribution in [2.24, 2.45) is 0 Å². The highest BCUT2D eigenvalue weighted by Gasteiger charge is 2.24. The molecule has 270 valence electrons. The number of para-hydroxylation sites is 4. The van der Waals surface area contributed by atoms with E-state index >= 15 is 0 Å². The second kappa shape index (κ2) is 12.9. The molecule has 0 N–H and O–H groups in total. The van der Waals surface area contributed by atoms with Crippen molar-refractivity contribution < 1.29 is 0 Å². The SMILES string of the molecule is c1ccc(-c2cc(-c3ccccc3)cc(-c3nc4ccccc4nc3-n3c4cc5ccccc5cc4c4c(-n5c6ccccc6c6ccccc65)cccc43)c2)cc1. The molecule has 0 saturated heterocycles. The second-order valence-corrected chi connectivity index (χ2v) is 15.0. The first kappa shape index (κ1) is 32.4. The zero-order valence-electron chi connectivity index (χ0n) is 31.4. The summed E-state index contributed by atoms with van der Waals surface area (Å²) in [4.78, 5) is 11.1. The van der Waals surface area contributed by atoms with Crippen molar-refractivity contribution in [3.63, 3.8) is 0 Å². The highest BCUT2D eigenvalue weighted by Crippen LogP contribution is 2.43. The molecule has 0 amide bonds. The molecular weight excluding hydrogens is 705 g/mol. The summed E-state index contributed by atoms with van der Waals surface area (Å²) < 4.78 is 4.80. The lowest BCUT2D eigenvalue weighted by Crippen LogP contribution is -2.04. The molecule has 0 radical (unpaired) electrons. The Morgan fingerprint density at radius 1 is 0.310 bits per heavy atom. The van der Waals surface area contributed by atoms with Crippen molar-refractivity contribution in [3.8, 4) is 45.0 Å². The topological polar surface area (TPSA) is 35.6 Å². The molecule has 3 aromatic heterocycles. The van der Waals surface area contributed by atoms with Gasteiger partial charge < -0.3 is 4.57 Å². The maximum absolute atomic E-state index is 5.57. The number of hydrogen-bond acceptors (Lipinski definition) is 2. The van der Waals surface area contributed by atoms with Gasteiger partial charge in [0.25, 0.3) is 0 Å². The first-order valence-corrected chi connectivity index (χ1v) is 19.7. The van der Waals surface area contributed by atoms with Crippen LogP contribution in [0.3, 0.4) is 0 Å². The Hall–Kier alpha value is -7.82. The normalized spacial score (nSPS) is 11.8. The van der Waals surface area contributed by atoms with Crippen LogP contribution in [0.4, 0.5) is 0 Å². The van der Waals surface area contributed by atoms with E-state index in [9.17, 15) is 0 Å². The molecule has 0 aliphatic carbocycles. The summed E-state index contributed by atoms with van der Waals surface area (Å²) >= 11 is 0. The molecule has 4 nitrogen and oxygen atoms in total. The smallest absolute Gasteiger partial charge is 0.165 e. The first-order chi connectivity index (χ1) is 28.8. The summed E-state index contributed by atoms with van der Waals surface area (Å²) in [6.07, 6.45) is 0. The van der Waals surface area contributed by atoms with Gasteiger partial charge in [0.1, 0.15) is 5.69 Å². The Morgan fingerprint density at radius 3 is 1.48 bits per heavy atom. The van der Waals surface area contributed by atoms with Gasteiger partial charge in [-0.3, -0.25) is 4.57 Å². The van der Waals surface area contributed by atoms with Crippen molar-refractivity contribution in [2.75, 3.05) is 0 Å². The van der Waals surface area contributed by atoms with Crippen LogP contribution in [0.1, 0.15) is 0 Å². The molecule has 0 fully saturated rings. The summed E-state index contributed by atoms with van der Waals surface area (Å²) in [5.74, 6) is 0.789. The van der Waals surface area contributed by atoms with E-state index in [4.69, 9.17) is 9.97 Å². The van der Waals surface area contributed by atoms with Gasteiger partial charge in [-0.25, -0.2) is 9.97 Å². The van der Waals surface area contributed by atoms with Crippen LogP contribution in [-0.4, -0.2) is 19.1 Å². The van der Waals surface area contributed by atoms with Crippen molar-refractivity contribution in [1.82, 2.24) is 19.1 Å². The van der Waals surface area contributed by atoms with E-state index in [-0.39, 0.29) is 0 Å². The number of benzene rings is 9. The standard InChI is InChI=1S/C54H34N4/c1-3-16-35(17-4-1)39-30-40(36-18-5-2-6-19-36)32-41(31-39)53-54(56-46-25-12-11-24-45(46)55-53)58-50-29-15-28-49(52(50)44-33-37-20-7-8-21-38(37)34-51(44)58)57-47-26-13-9-22-42(47)43-23-10-14-27-48(43)57/h1-34H. The predicted molar refractivity (Wildman–Crippen MR) is 242 cm³/mol. The van der Waals surface area contributed by atoms with E-state index in [1.807, 2.05) is 12.1 Å². The molecule has 9 aromatic carbocycles. The largest absolute Gasteiger partial charge is 0.309 e. The average molecular weight is 739 g/mol. The Morgan fingerprint density at radius 2 is 0.828 bits per heavy atom. The molecule has 12 aromatic rings. The maximum atomic E-state index is 5.57. The summed E-state index contributed by atoms with van der Waals surface area (Å²) in [5.41, 5.74) is 13.7. The fourth-order valence-corrected chi connectivity index (χ4v) is 9.03. The van der Waals surface area contributed by atoms with E-state index < -0.39 is 0 Å².